The van der Waals surface area contributed by atoms with Crippen LogP contribution in [0.15, 0.2) is 0 Å². The number of ether oxygens (including phenoxy) is 3. The number of hydrogen-bond acceptors (Lipinski definition) is 6. The van der Waals surface area contributed by atoms with Crippen molar-refractivity contribution in [1.82, 2.24) is 15.0 Å². The summed E-state index contributed by atoms with van der Waals surface area (Å²) in [4.78, 5) is 11.7. The van der Waals surface area contributed by atoms with E-state index in [1.165, 1.54) is 0 Å². The van der Waals surface area contributed by atoms with E-state index in [2.05, 4.69) is 15.0 Å². The molecule has 1 aromatic rings. The lowest BCUT2D eigenvalue weighted by Crippen LogP contribution is -2.22. The van der Waals surface area contributed by atoms with E-state index in [0.29, 0.717) is 13.2 Å². The van der Waals surface area contributed by atoms with Gasteiger partial charge in [-0.2, -0.15) is 9.97 Å². The molecule has 0 saturated carbocycles. The molecule has 108 valence electrons. The van der Waals surface area contributed by atoms with Gasteiger partial charge < -0.3 is 14.2 Å². The second-order valence-electron chi connectivity index (χ2n) is 5.15. The third kappa shape index (κ3) is 7.12. The maximum atomic E-state index is 5.77. The van der Waals surface area contributed by atoms with E-state index < -0.39 is 0 Å². The Balaban J connectivity index is 2.51. The highest BCUT2D eigenvalue weighted by atomic mass is 35.5. The highest BCUT2D eigenvalue weighted by Gasteiger charge is 2.11. The lowest BCUT2D eigenvalue weighted by molar-refractivity contribution is -0.0175. The zero-order valence-electron chi connectivity index (χ0n) is 11.9. The third-order valence-electron chi connectivity index (χ3n) is 1.76. The quantitative estimate of drug-likeness (QED) is 0.750. The van der Waals surface area contributed by atoms with Crippen LogP contribution in [0.1, 0.15) is 34.6 Å². The average Bonchev–Trinajstić information content (AvgIpc) is 2.21. The minimum atomic E-state index is -0.202. The summed E-state index contributed by atoms with van der Waals surface area (Å²) in [6.07, 6.45) is -0.0458. The van der Waals surface area contributed by atoms with Crippen molar-refractivity contribution in [1.29, 1.82) is 0 Å². The average molecular weight is 290 g/mol. The van der Waals surface area contributed by atoms with Crippen molar-refractivity contribution in [3.8, 4) is 12.0 Å². The minimum Gasteiger partial charge on any atom is -0.461 e. The van der Waals surface area contributed by atoms with Gasteiger partial charge in [-0.15, -0.1) is 4.98 Å². The first-order chi connectivity index (χ1) is 8.76. The molecule has 0 aliphatic carbocycles. The third-order valence-corrected chi connectivity index (χ3v) is 1.93. The van der Waals surface area contributed by atoms with E-state index in [9.17, 15) is 0 Å². The lowest BCUT2D eigenvalue weighted by atomic mass is 10.2. The van der Waals surface area contributed by atoms with Crippen molar-refractivity contribution in [3.63, 3.8) is 0 Å². The predicted molar refractivity (Wildman–Crippen MR) is 71.8 cm³/mol. The topological polar surface area (TPSA) is 66.4 Å². The molecule has 0 bridgehead atoms. The van der Waals surface area contributed by atoms with Gasteiger partial charge in [-0.05, 0) is 46.2 Å². The molecule has 0 spiro atoms. The highest BCUT2D eigenvalue weighted by molar-refractivity contribution is 6.28. The fraction of sp³-hybridized carbons (Fsp3) is 0.750. The fourth-order valence-electron chi connectivity index (χ4n) is 1.12. The van der Waals surface area contributed by atoms with E-state index in [4.69, 9.17) is 25.8 Å². The molecule has 0 fully saturated rings. The number of rotatable bonds is 6. The summed E-state index contributed by atoms with van der Waals surface area (Å²) in [6, 6.07) is 0.287. The number of aromatic nitrogens is 3. The van der Waals surface area contributed by atoms with Gasteiger partial charge in [-0.25, -0.2) is 0 Å². The fourth-order valence-corrected chi connectivity index (χ4v) is 1.27. The molecule has 1 heterocycles. The summed E-state index contributed by atoms with van der Waals surface area (Å²) in [5, 5.41) is 0.0392. The smallest absolute Gasteiger partial charge is 0.324 e. The summed E-state index contributed by atoms with van der Waals surface area (Å²) in [6.45, 7) is 10.4. The molecule has 0 aliphatic heterocycles. The maximum absolute atomic E-state index is 5.77. The van der Waals surface area contributed by atoms with Crippen LogP contribution in [0.25, 0.3) is 0 Å². The van der Waals surface area contributed by atoms with E-state index >= 15 is 0 Å². The van der Waals surface area contributed by atoms with Gasteiger partial charge in [-0.3, -0.25) is 0 Å². The van der Waals surface area contributed by atoms with Crippen molar-refractivity contribution in [3.05, 3.63) is 5.28 Å². The Hall–Kier alpha value is -1.14. The monoisotopic (exact) mass is 289 g/mol. The standard InChI is InChI=1S/C12H20ClN3O3/c1-8(2)19-11-15-9(13)14-10(16-11)17-6-7-18-12(3,4)5/h8H,6-7H2,1-5H3. The second-order valence-corrected chi connectivity index (χ2v) is 5.48. The Morgan fingerprint density at radius 2 is 1.68 bits per heavy atom. The summed E-state index contributed by atoms with van der Waals surface area (Å²) >= 11 is 5.77. The van der Waals surface area contributed by atoms with Gasteiger partial charge >= 0.3 is 12.0 Å². The first-order valence-corrected chi connectivity index (χ1v) is 6.49. The largest absolute Gasteiger partial charge is 0.461 e. The van der Waals surface area contributed by atoms with Crippen LogP contribution in [0.2, 0.25) is 5.28 Å². The SMILES string of the molecule is CC(C)Oc1nc(Cl)nc(OCCOC(C)(C)C)n1. The molecule has 0 N–H and O–H groups in total. The molecule has 6 nitrogen and oxygen atoms in total. The van der Waals surface area contributed by atoms with Crippen LogP contribution in [-0.2, 0) is 4.74 Å². The van der Waals surface area contributed by atoms with E-state index in [1.807, 2.05) is 34.6 Å². The lowest BCUT2D eigenvalue weighted by Gasteiger charge is -2.19. The maximum Gasteiger partial charge on any atom is 0.324 e. The van der Waals surface area contributed by atoms with Crippen LogP contribution in [0, 0.1) is 0 Å². The van der Waals surface area contributed by atoms with Gasteiger partial charge in [0, 0.05) is 0 Å². The van der Waals surface area contributed by atoms with Crippen molar-refractivity contribution >= 4 is 11.6 Å². The Kier molecular flexibility index (Phi) is 5.75. The Morgan fingerprint density at radius 3 is 2.26 bits per heavy atom. The zero-order valence-corrected chi connectivity index (χ0v) is 12.7. The van der Waals surface area contributed by atoms with Gasteiger partial charge in [-0.1, -0.05) is 0 Å². The van der Waals surface area contributed by atoms with Crippen LogP contribution in [0.4, 0.5) is 0 Å². The van der Waals surface area contributed by atoms with Crippen LogP contribution in [0.5, 0.6) is 12.0 Å². The molecule has 0 aromatic carbocycles. The summed E-state index contributed by atoms with van der Waals surface area (Å²) in [7, 11) is 0. The van der Waals surface area contributed by atoms with E-state index in [0.717, 1.165) is 0 Å². The molecule has 19 heavy (non-hydrogen) atoms. The molecule has 0 saturated heterocycles. The van der Waals surface area contributed by atoms with Gasteiger partial charge in [0.15, 0.2) is 0 Å². The van der Waals surface area contributed by atoms with Crippen LogP contribution < -0.4 is 9.47 Å². The predicted octanol–water partition coefficient (Wildman–Crippen LogP) is 2.51. The zero-order chi connectivity index (χ0) is 14.5. The first kappa shape index (κ1) is 15.9. The molecule has 0 unspecified atom stereocenters. The molecule has 0 aliphatic rings. The van der Waals surface area contributed by atoms with Crippen molar-refractivity contribution in [2.24, 2.45) is 0 Å². The number of halogens is 1. The van der Waals surface area contributed by atoms with Crippen LogP contribution in [0.3, 0.4) is 0 Å². The van der Waals surface area contributed by atoms with Crippen LogP contribution >= 0.6 is 11.6 Å². The summed E-state index contributed by atoms with van der Waals surface area (Å²) in [5.41, 5.74) is -0.202. The molecule has 1 rings (SSSR count). The molecule has 0 radical (unpaired) electrons. The van der Waals surface area contributed by atoms with E-state index in [1.54, 1.807) is 0 Å². The van der Waals surface area contributed by atoms with Crippen molar-refractivity contribution in [2.45, 2.75) is 46.3 Å². The second kappa shape index (κ2) is 6.86. The first-order valence-electron chi connectivity index (χ1n) is 6.11. The Bertz CT molecular complexity index is 408. The summed E-state index contributed by atoms with van der Waals surface area (Å²) < 4.78 is 16.2. The van der Waals surface area contributed by atoms with Crippen molar-refractivity contribution in [2.75, 3.05) is 13.2 Å². The van der Waals surface area contributed by atoms with Gasteiger partial charge in [0.25, 0.3) is 0 Å². The Labute approximate surface area is 118 Å². The molecule has 1 aromatic heterocycles. The van der Waals surface area contributed by atoms with E-state index in [-0.39, 0.29) is 29.0 Å². The summed E-state index contributed by atoms with van der Waals surface area (Å²) in [5.74, 6) is 0. The van der Waals surface area contributed by atoms with Crippen LogP contribution in [-0.4, -0.2) is 39.9 Å². The van der Waals surface area contributed by atoms with Crippen molar-refractivity contribution < 1.29 is 14.2 Å². The minimum absolute atomic E-state index is 0.0392. The molecule has 0 atom stereocenters. The van der Waals surface area contributed by atoms with Gasteiger partial charge in [0.2, 0.25) is 5.28 Å². The highest BCUT2D eigenvalue weighted by Crippen LogP contribution is 2.14. The van der Waals surface area contributed by atoms with Gasteiger partial charge in [0.1, 0.15) is 6.61 Å². The molecular formula is C12H20ClN3O3. The Morgan fingerprint density at radius 1 is 1.05 bits per heavy atom. The number of nitrogens with zero attached hydrogens (tertiary/aromatic N) is 3. The molecular weight excluding hydrogens is 270 g/mol. The molecule has 0 amide bonds. The number of hydrogen-bond donors (Lipinski definition) is 0. The molecule has 7 heteroatoms. The normalized spacial score (nSPS) is 11.7. The van der Waals surface area contributed by atoms with Gasteiger partial charge in [0.05, 0.1) is 18.3 Å².